The summed E-state index contributed by atoms with van der Waals surface area (Å²) in [5.41, 5.74) is 0. The van der Waals surface area contributed by atoms with Gasteiger partial charge in [-0.1, -0.05) is 19.8 Å². The highest BCUT2D eigenvalue weighted by Crippen LogP contribution is 1.99. The molecule has 0 rings (SSSR count). The molecule has 0 amide bonds. The van der Waals surface area contributed by atoms with E-state index in [1.807, 2.05) is 6.92 Å². The van der Waals surface area contributed by atoms with Gasteiger partial charge in [0.05, 0.1) is 6.73 Å². The third-order valence-electron chi connectivity index (χ3n) is 1.48. The quantitative estimate of drug-likeness (QED) is 0.486. The maximum atomic E-state index is 10.4. The molecule has 0 aliphatic rings. The summed E-state index contributed by atoms with van der Waals surface area (Å²) >= 11 is 0. The van der Waals surface area contributed by atoms with Gasteiger partial charge in [0.25, 0.3) is 0 Å². The Hall–Kier alpha value is -0.610. The van der Waals surface area contributed by atoms with Gasteiger partial charge in [-0.3, -0.25) is 10.1 Å². The van der Waals surface area contributed by atoms with Gasteiger partial charge in [-0.05, 0) is 6.42 Å². The normalized spacial score (nSPS) is 12.9. The van der Waals surface area contributed by atoms with Crippen molar-refractivity contribution in [3.63, 3.8) is 0 Å². The number of aliphatic hydroxyl groups excluding tert-OH is 1. The first-order valence-corrected chi connectivity index (χ1v) is 3.79. The van der Waals surface area contributed by atoms with Crippen molar-refractivity contribution in [2.24, 2.45) is 0 Å². The zero-order chi connectivity index (χ0) is 8.69. The van der Waals surface area contributed by atoms with Crippen LogP contribution in [0.2, 0.25) is 0 Å². The average Bonchev–Trinajstić information content (AvgIpc) is 1.97. The van der Waals surface area contributed by atoms with E-state index in [-0.39, 0.29) is 6.73 Å². The summed E-state index contributed by atoms with van der Waals surface area (Å²) in [4.78, 5) is 10.4. The molecule has 66 valence electrons. The predicted molar refractivity (Wildman–Crippen MR) is 41.2 cm³/mol. The Labute approximate surface area is 66.2 Å². The highest BCUT2D eigenvalue weighted by molar-refractivity contribution is 5.73. The third kappa shape index (κ3) is 4.75. The van der Waals surface area contributed by atoms with E-state index in [2.05, 4.69) is 5.32 Å². The third-order valence-corrected chi connectivity index (χ3v) is 1.48. The van der Waals surface area contributed by atoms with Crippen molar-refractivity contribution in [2.45, 2.75) is 32.2 Å². The first-order chi connectivity index (χ1) is 5.22. The maximum absolute atomic E-state index is 10.4. The molecule has 0 saturated heterocycles. The molecule has 4 heteroatoms. The molecule has 0 radical (unpaired) electrons. The second kappa shape index (κ2) is 6.12. The number of carboxylic acids is 1. The molecule has 0 bridgehead atoms. The highest BCUT2D eigenvalue weighted by Gasteiger charge is 2.14. The lowest BCUT2D eigenvalue weighted by molar-refractivity contribution is -0.140. The van der Waals surface area contributed by atoms with Crippen LogP contribution in [0.25, 0.3) is 0 Å². The van der Waals surface area contributed by atoms with Gasteiger partial charge in [0.2, 0.25) is 0 Å². The van der Waals surface area contributed by atoms with Crippen LogP contribution in [0.15, 0.2) is 0 Å². The second-order valence-corrected chi connectivity index (χ2v) is 2.40. The predicted octanol–water partition coefficient (Wildman–Crippen LogP) is 0.169. The number of carbonyl (C=O) groups is 1. The molecule has 0 saturated carbocycles. The molecule has 0 aliphatic carbocycles. The van der Waals surface area contributed by atoms with E-state index in [1.54, 1.807) is 0 Å². The molecule has 1 unspecified atom stereocenters. The number of hydrogen-bond acceptors (Lipinski definition) is 3. The zero-order valence-corrected chi connectivity index (χ0v) is 6.71. The SMILES string of the molecule is CCCCC(NCO)C(=O)O. The van der Waals surface area contributed by atoms with E-state index in [9.17, 15) is 4.79 Å². The van der Waals surface area contributed by atoms with Crippen LogP contribution in [-0.2, 0) is 4.79 Å². The Morgan fingerprint density at radius 3 is 2.64 bits per heavy atom. The van der Waals surface area contributed by atoms with Gasteiger partial charge in [-0.2, -0.15) is 0 Å². The number of nitrogens with one attached hydrogen (secondary N) is 1. The molecule has 1 atom stereocenters. The fourth-order valence-electron chi connectivity index (χ4n) is 0.831. The molecule has 4 nitrogen and oxygen atoms in total. The van der Waals surface area contributed by atoms with Crippen molar-refractivity contribution in [1.29, 1.82) is 0 Å². The Morgan fingerprint density at radius 2 is 2.27 bits per heavy atom. The van der Waals surface area contributed by atoms with E-state index in [1.165, 1.54) is 0 Å². The molecule has 0 aromatic rings. The van der Waals surface area contributed by atoms with E-state index >= 15 is 0 Å². The zero-order valence-electron chi connectivity index (χ0n) is 6.71. The average molecular weight is 161 g/mol. The largest absolute Gasteiger partial charge is 0.480 e. The molecule has 0 aromatic heterocycles. The topological polar surface area (TPSA) is 69.6 Å². The summed E-state index contributed by atoms with van der Waals surface area (Å²) in [5, 5.41) is 19.4. The van der Waals surface area contributed by atoms with Crippen LogP contribution in [0.3, 0.4) is 0 Å². The maximum Gasteiger partial charge on any atom is 0.320 e. The molecular formula is C7H15NO3. The van der Waals surface area contributed by atoms with Crippen LogP contribution in [-0.4, -0.2) is 29.0 Å². The first kappa shape index (κ1) is 10.4. The van der Waals surface area contributed by atoms with E-state index < -0.39 is 12.0 Å². The fraction of sp³-hybridized carbons (Fsp3) is 0.857. The van der Waals surface area contributed by atoms with Crippen molar-refractivity contribution in [2.75, 3.05) is 6.73 Å². The Bertz CT molecular complexity index is 116. The van der Waals surface area contributed by atoms with Gasteiger partial charge in [0, 0.05) is 0 Å². The number of rotatable bonds is 6. The number of unbranched alkanes of at least 4 members (excludes halogenated alkanes) is 1. The molecule has 0 heterocycles. The van der Waals surface area contributed by atoms with Gasteiger partial charge in [-0.15, -0.1) is 0 Å². The highest BCUT2D eigenvalue weighted by atomic mass is 16.4. The minimum absolute atomic E-state index is 0.277. The van der Waals surface area contributed by atoms with Crippen molar-refractivity contribution >= 4 is 5.97 Å². The van der Waals surface area contributed by atoms with Crippen LogP contribution in [0.4, 0.5) is 0 Å². The van der Waals surface area contributed by atoms with E-state index in [0.717, 1.165) is 12.8 Å². The molecule has 0 spiro atoms. The number of hydrogen-bond donors (Lipinski definition) is 3. The van der Waals surface area contributed by atoms with Crippen molar-refractivity contribution in [1.82, 2.24) is 5.32 Å². The number of aliphatic carboxylic acids is 1. The van der Waals surface area contributed by atoms with Gasteiger partial charge in [0.15, 0.2) is 0 Å². The minimum atomic E-state index is -0.896. The molecular weight excluding hydrogens is 146 g/mol. The van der Waals surface area contributed by atoms with Crippen molar-refractivity contribution in [3.05, 3.63) is 0 Å². The van der Waals surface area contributed by atoms with Crippen molar-refractivity contribution in [3.8, 4) is 0 Å². The summed E-state index contributed by atoms with van der Waals surface area (Å²) in [5.74, 6) is -0.896. The monoisotopic (exact) mass is 161 g/mol. The van der Waals surface area contributed by atoms with Crippen molar-refractivity contribution < 1.29 is 15.0 Å². The molecule has 3 N–H and O–H groups in total. The molecule has 0 aromatic carbocycles. The van der Waals surface area contributed by atoms with Gasteiger partial charge in [-0.25, -0.2) is 0 Å². The number of aliphatic hydroxyl groups is 1. The van der Waals surface area contributed by atoms with Crippen LogP contribution < -0.4 is 5.32 Å². The summed E-state index contributed by atoms with van der Waals surface area (Å²) in [7, 11) is 0. The fourth-order valence-corrected chi connectivity index (χ4v) is 0.831. The number of carboxylic acid groups (broad SMARTS) is 1. The summed E-state index contributed by atoms with van der Waals surface area (Å²) in [6.45, 7) is 1.72. The standard InChI is InChI=1S/C7H15NO3/c1-2-3-4-6(7(10)11)8-5-9/h6,8-9H,2-5H2,1H3,(H,10,11). The Balaban J connectivity index is 3.60. The van der Waals surface area contributed by atoms with Crippen LogP contribution in [0, 0.1) is 0 Å². The van der Waals surface area contributed by atoms with Crippen LogP contribution in [0.1, 0.15) is 26.2 Å². The van der Waals surface area contributed by atoms with Gasteiger partial charge < -0.3 is 10.2 Å². The summed E-state index contributed by atoms with van der Waals surface area (Å²) < 4.78 is 0. The van der Waals surface area contributed by atoms with Crippen LogP contribution in [0.5, 0.6) is 0 Å². The summed E-state index contributed by atoms with van der Waals surface area (Å²) in [6, 6.07) is -0.597. The lowest BCUT2D eigenvalue weighted by Gasteiger charge is -2.10. The Morgan fingerprint density at radius 1 is 1.64 bits per heavy atom. The molecule has 0 fully saturated rings. The molecule has 0 aliphatic heterocycles. The summed E-state index contributed by atoms with van der Waals surface area (Å²) in [6.07, 6.45) is 2.41. The lowest BCUT2D eigenvalue weighted by atomic mass is 10.1. The van der Waals surface area contributed by atoms with Gasteiger partial charge in [0.1, 0.15) is 6.04 Å². The Kier molecular flexibility index (Phi) is 5.78. The molecule has 11 heavy (non-hydrogen) atoms. The lowest BCUT2D eigenvalue weighted by Crippen LogP contribution is -2.37. The van der Waals surface area contributed by atoms with E-state index in [0.29, 0.717) is 6.42 Å². The van der Waals surface area contributed by atoms with Crippen LogP contribution >= 0.6 is 0 Å². The smallest absolute Gasteiger partial charge is 0.320 e. The first-order valence-electron chi connectivity index (χ1n) is 3.79. The van der Waals surface area contributed by atoms with Gasteiger partial charge >= 0.3 is 5.97 Å². The van der Waals surface area contributed by atoms with E-state index in [4.69, 9.17) is 10.2 Å². The second-order valence-electron chi connectivity index (χ2n) is 2.40. The minimum Gasteiger partial charge on any atom is -0.480 e.